The summed E-state index contributed by atoms with van der Waals surface area (Å²) >= 11 is 0. The van der Waals surface area contributed by atoms with E-state index < -0.39 is 32.5 Å². The van der Waals surface area contributed by atoms with E-state index in [1.165, 1.54) is 89.9 Å². The highest BCUT2D eigenvalue weighted by Gasteiger charge is 2.26. The molecule has 9 nitrogen and oxygen atoms in total. The summed E-state index contributed by atoms with van der Waals surface area (Å²) in [5, 5.41) is 0. The van der Waals surface area contributed by atoms with Gasteiger partial charge in [-0.15, -0.1) is 0 Å². The van der Waals surface area contributed by atoms with Crippen molar-refractivity contribution >= 4 is 19.8 Å². The Bertz CT molecular complexity index is 1100. The second-order valence-electron chi connectivity index (χ2n) is 14.5. The summed E-state index contributed by atoms with van der Waals surface area (Å²) in [5.41, 5.74) is 5.35. The third-order valence-corrected chi connectivity index (χ3v) is 10.2. The maximum Gasteiger partial charge on any atom is 0.472 e. The van der Waals surface area contributed by atoms with Crippen molar-refractivity contribution in [2.24, 2.45) is 5.73 Å². The largest absolute Gasteiger partial charge is 0.472 e. The Morgan fingerprint density at radius 1 is 0.554 bits per heavy atom. The number of allylic oxidation sites excluding steroid dienone is 10. The first kappa shape index (κ1) is 53.7. The van der Waals surface area contributed by atoms with Crippen LogP contribution < -0.4 is 5.73 Å². The van der Waals surface area contributed by atoms with Gasteiger partial charge in [0, 0.05) is 19.4 Å². The lowest BCUT2D eigenvalue weighted by atomic mass is 10.0. The van der Waals surface area contributed by atoms with Crippen LogP contribution in [0.4, 0.5) is 0 Å². The number of ether oxygens (including phenoxy) is 2. The van der Waals surface area contributed by atoms with Crippen molar-refractivity contribution in [2.75, 3.05) is 26.4 Å². The predicted octanol–water partition coefficient (Wildman–Crippen LogP) is 12.9. The van der Waals surface area contributed by atoms with Gasteiger partial charge in [-0.1, -0.05) is 184 Å². The molecule has 0 aliphatic rings. The van der Waals surface area contributed by atoms with Gasteiger partial charge >= 0.3 is 19.8 Å². The topological polar surface area (TPSA) is 134 Å². The van der Waals surface area contributed by atoms with Gasteiger partial charge in [0.25, 0.3) is 0 Å². The molecule has 0 rings (SSSR count). The van der Waals surface area contributed by atoms with E-state index in [0.29, 0.717) is 12.8 Å². The zero-order chi connectivity index (χ0) is 41.1. The summed E-state index contributed by atoms with van der Waals surface area (Å²) in [5.74, 6) is -0.895. The lowest BCUT2D eigenvalue weighted by Gasteiger charge is -2.19. The normalized spacial score (nSPS) is 13.9. The number of esters is 2. The number of carbonyl (C=O) groups is 2. The fraction of sp³-hybridized carbons (Fsp3) is 0.739. The van der Waals surface area contributed by atoms with Gasteiger partial charge in [0.15, 0.2) is 6.10 Å². The smallest absolute Gasteiger partial charge is 0.462 e. The van der Waals surface area contributed by atoms with Crippen molar-refractivity contribution in [3.63, 3.8) is 0 Å². The van der Waals surface area contributed by atoms with Crippen LogP contribution in [0.1, 0.15) is 187 Å². The highest BCUT2D eigenvalue weighted by atomic mass is 31.2. The van der Waals surface area contributed by atoms with E-state index in [4.69, 9.17) is 24.3 Å². The molecule has 0 saturated carbocycles. The summed E-state index contributed by atoms with van der Waals surface area (Å²) < 4.78 is 32.7. The Kier molecular flexibility index (Phi) is 40.6. The summed E-state index contributed by atoms with van der Waals surface area (Å²) in [6.45, 7) is 3.56. The molecule has 0 saturated heterocycles. The van der Waals surface area contributed by atoms with Crippen LogP contribution in [0, 0.1) is 0 Å². The van der Waals surface area contributed by atoms with E-state index >= 15 is 0 Å². The molecule has 56 heavy (non-hydrogen) atoms. The first-order chi connectivity index (χ1) is 27.3. The maximum absolute atomic E-state index is 12.6. The van der Waals surface area contributed by atoms with Crippen molar-refractivity contribution in [1.29, 1.82) is 0 Å². The SMILES string of the molecule is CC/C=C\C/C=C\C/C=C\C/C=C\C/C=C\CCCC(=O)OC[C@H](COP(=O)(O)OCCN)OC(=O)CCCCCCCCCCCCCCCCCCCC. The summed E-state index contributed by atoms with van der Waals surface area (Å²) in [6, 6.07) is 0. The molecule has 0 aromatic rings. The number of phosphoric acid groups is 1. The number of carbonyl (C=O) groups excluding carboxylic acids is 2. The van der Waals surface area contributed by atoms with E-state index in [0.717, 1.165) is 57.8 Å². The van der Waals surface area contributed by atoms with Crippen LogP contribution in [0.5, 0.6) is 0 Å². The van der Waals surface area contributed by atoms with Gasteiger partial charge in [-0.2, -0.15) is 0 Å². The standard InChI is InChI=1S/C46H82NO8P/c1-3-5-7-9-11-13-15-17-19-21-23-25-27-29-31-33-35-37-39-46(49)55-44(43-54-56(50,51)53-41-40-47)42-52-45(48)38-36-34-32-30-28-26-24-22-20-18-16-14-12-10-8-6-4-2/h6,8,12,14,18,20,24,26,30,32,44H,3-5,7,9-11,13,15-17,19,21-23,25,27-29,31,33-43,47H2,1-2H3,(H,50,51)/b8-6-,14-12-,20-18-,26-24-,32-30-/t44-/m1/s1. The predicted molar refractivity (Wildman–Crippen MR) is 233 cm³/mol. The van der Waals surface area contributed by atoms with Crippen LogP contribution in [0.3, 0.4) is 0 Å². The molecule has 0 aromatic carbocycles. The van der Waals surface area contributed by atoms with E-state index in [9.17, 15) is 19.0 Å². The molecule has 0 bridgehead atoms. The van der Waals surface area contributed by atoms with Gasteiger partial charge in [0.1, 0.15) is 6.61 Å². The minimum atomic E-state index is -4.39. The van der Waals surface area contributed by atoms with Gasteiger partial charge in [0.05, 0.1) is 13.2 Å². The highest BCUT2D eigenvalue weighted by Crippen LogP contribution is 2.43. The molecule has 1 unspecified atom stereocenters. The third kappa shape index (κ3) is 41.3. The summed E-state index contributed by atoms with van der Waals surface area (Å²) in [6.07, 6.45) is 49.7. The molecule has 2 atom stereocenters. The minimum absolute atomic E-state index is 0.0446. The second-order valence-corrected chi connectivity index (χ2v) is 16.0. The molecule has 0 heterocycles. The Balaban J connectivity index is 4.21. The molecule has 3 N–H and O–H groups in total. The number of hydrogen-bond acceptors (Lipinski definition) is 8. The molecule has 0 aliphatic carbocycles. The van der Waals surface area contributed by atoms with Crippen LogP contribution >= 0.6 is 7.82 Å². The van der Waals surface area contributed by atoms with Gasteiger partial charge in [-0.25, -0.2) is 4.57 Å². The fourth-order valence-corrected chi connectivity index (χ4v) is 6.67. The minimum Gasteiger partial charge on any atom is -0.462 e. The molecular formula is C46H82NO8P. The molecule has 0 radical (unpaired) electrons. The van der Waals surface area contributed by atoms with Crippen LogP contribution in [0.15, 0.2) is 60.8 Å². The number of phosphoric ester groups is 1. The zero-order valence-electron chi connectivity index (χ0n) is 35.6. The molecule has 0 aliphatic heterocycles. The Labute approximate surface area is 342 Å². The molecular weight excluding hydrogens is 725 g/mol. The number of nitrogens with two attached hydrogens (primary N) is 1. The van der Waals surface area contributed by atoms with Crippen LogP contribution in [-0.4, -0.2) is 49.3 Å². The van der Waals surface area contributed by atoms with E-state index in [1.54, 1.807) is 0 Å². The maximum atomic E-state index is 12.6. The van der Waals surface area contributed by atoms with Gasteiger partial charge in [-0.3, -0.25) is 18.6 Å². The lowest BCUT2D eigenvalue weighted by Crippen LogP contribution is -2.29. The molecule has 0 fully saturated rings. The van der Waals surface area contributed by atoms with Crippen molar-refractivity contribution in [2.45, 2.75) is 193 Å². The van der Waals surface area contributed by atoms with Crippen molar-refractivity contribution < 1.29 is 37.6 Å². The zero-order valence-corrected chi connectivity index (χ0v) is 36.5. The monoisotopic (exact) mass is 808 g/mol. The second kappa shape index (κ2) is 42.3. The van der Waals surface area contributed by atoms with E-state index in [-0.39, 0.29) is 32.6 Å². The number of hydrogen-bond donors (Lipinski definition) is 2. The Hall–Kier alpha value is -2.29. The highest BCUT2D eigenvalue weighted by molar-refractivity contribution is 7.47. The van der Waals surface area contributed by atoms with Crippen LogP contribution in [-0.2, 0) is 32.7 Å². The van der Waals surface area contributed by atoms with Gasteiger partial charge < -0.3 is 20.1 Å². The van der Waals surface area contributed by atoms with Crippen LogP contribution in [0.2, 0.25) is 0 Å². The molecule has 324 valence electrons. The van der Waals surface area contributed by atoms with Gasteiger partial charge in [0.2, 0.25) is 0 Å². The number of rotatable bonds is 41. The first-order valence-electron chi connectivity index (χ1n) is 22.3. The van der Waals surface area contributed by atoms with Crippen LogP contribution in [0.25, 0.3) is 0 Å². The first-order valence-corrected chi connectivity index (χ1v) is 23.8. The average molecular weight is 808 g/mol. The number of unbranched alkanes of at least 4 members (excludes halogenated alkanes) is 18. The average Bonchev–Trinajstić information content (AvgIpc) is 3.18. The van der Waals surface area contributed by atoms with E-state index in [1.807, 2.05) is 6.08 Å². The van der Waals surface area contributed by atoms with Gasteiger partial charge in [-0.05, 0) is 51.4 Å². The van der Waals surface area contributed by atoms with Crippen molar-refractivity contribution in [3.05, 3.63) is 60.8 Å². The summed E-state index contributed by atoms with van der Waals surface area (Å²) in [4.78, 5) is 34.9. The van der Waals surface area contributed by atoms with Crippen molar-refractivity contribution in [1.82, 2.24) is 0 Å². The quantitative estimate of drug-likeness (QED) is 0.0268. The lowest BCUT2D eigenvalue weighted by molar-refractivity contribution is -0.161. The Morgan fingerprint density at radius 3 is 1.45 bits per heavy atom. The Morgan fingerprint density at radius 2 is 0.982 bits per heavy atom. The summed E-state index contributed by atoms with van der Waals surface area (Å²) in [7, 11) is -4.39. The molecule has 0 spiro atoms. The molecule has 10 heteroatoms. The third-order valence-electron chi connectivity index (χ3n) is 9.17. The molecule has 0 amide bonds. The fourth-order valence-electron chi connectivity index (χ4n) is 5.91. The van der Waals surface area contributed by atoms with Crippen molar-refractivity contribution in [3.8, 4) is 0 Å². The molecule has 0 aromatic heterocycles. The van der Waals surface area contributed by atoms with E-state index in [2.05, 4.69) is 68.5 Å².